The topological polar surface area (TPSA) is 73.2 Å². The highest BCUT2D eigenvalue weighted by Gasteiger charge is 2.36. The Labute approximate surface area is 172 Å². The Kier molecular flexibility index (Phi) is 5.42. The summed E-state index contributed by atoms with van der Waals surface area (Å²) in [4.78, 5) is 29.6. The van der Waals surface area contributed by atoms with E-state index in [0.29, 0.717) is 28.8 Å². The van der Waals surface area contributed by atoms with Crippen LogP contribution < -0.4 is 5.32 Å². The second kappa shape index (κ2) is 7.98. The number of thioether (sulfide) groups is 1. The van der Waals surface area contributed by atoms with Gasteiger partial charge >= 0.3 is 0 Å². The second-order valence-electron chi connectivity index (χ2n) is 7.38. The number of nitrogens with zero attached hydrogens (tertiary/aromatic N) is 2. The Morgan fingerprint density at radius 2 is 2.07 bits per heavy atom. The minimum atomic E-state index is -0.480. The summed E-state index contributed by atoms with van der Waals surface area (Å²) in [5, 5.41) is 11.8. The average Bonchev–Trinajstić information content (AvgIpc) is 3.34. The van der Waals surface area contributed by atoms with Crippen LogP contribution in [0.15, 0.2) is 30.3 Å². The summed E-state index contributed by atoms with van der Waals surface area (Å²) in [6.07, 6.45) is 3.26. The van der Waals surface area contributed by atoms with Gasteiger partial charge in [-0.2, -0.15) is 5.26 Å². The molecule has 1 aromatic heterocycles. The lowest BCUT2D eigenvalue weighted by Gasteiger charge is -2.22. The van der Waals surface area contributed by atoms with Crippen LogP contribution in [0.5, 0.6) is 0 Å². The van der Waals surface area contributed by atoms with E-state index in [1.165, 1.54) is 16.9 Å². The van der Waals surface area contributed by atoms with Gasteiger partial charge in [0.05, 0.1) is 22.4 Å². The molecule has 144 valence electrons. The van der Waals surface area contributed by atoms with Crippen LogP contribution in [0, 0.1) is 17.2 Å². The van der Waals surface area contributed by atoms with Gasteiger partial charge in [-0.25, -0.2) is 0 Å². The molecule has 2 aliphatic rings. The molecule has 2 heterocycles. The maximum Gasteiger partial charge on any atom is 0.265 e. The standard InChI is InChI=1S/C21H21N3O2S2/c1-13-2-7-18-15(8-13)9-19(28-18)21(26)24-12-27-11-17(24)20(25)23-16-5-3-14(10-22)4-6-16/h3-6,9,13,17H,2,7-8,11-12H2,1H3,(H,23,25)/t13-,17+/m1/s1. The van der Waals surface area contributed by atoms with Crippen molar-refractivity contribution < 1.29 is 9.59 Å². The van der Waals surface area contributed by atoms with Gasteiger partial charge in [-0.05, 0) is 61.1 Å². The third-order valence-corrected chi connectivity index (χ3v) is 7.50. The van der Waals surface area contributed by atoms with E-state index in [4.69, 9.17) is 5.26 Å². The summed E-state index contributed by atoms with van der Waals surface area (Å²) in [7, 11) is 0. The Bertz CT molecular complexity index is 946. The fraction of sp³-hybridized carbons (Fsp3) is 0.381. The van der Waals surface area contributed by atoms with Crippen LogP contribution in [-0.4, -0.2) is 34.4 Å². The highest BCUT2D eigenvalue weighted by molar-refractivity contribution is 7.99. The second-order valence-corrected chi connectivity index (χ2v) is 9.51. The molecule has 7 heteroatoms. The largest absolute Gasteiger partial charge is 0.324 e. The third kappa shape index (κ3) is 3.80. The number of carbonyl (C=O) groups excluding carboxylic acids is 2. The molecule has 0 unspecified atom stereocenters. The van der Waals surface area contributed by atoms with Crippen molar-refractivity contribution in [2.24, 2.45) is 5.92 Å². The van der Waals surface area contributed by atoms with Gasteiger partial charge < -0.3 is 10.2 Å². The summed E-state index contributed by atoms with van der Waals surface area (Å²) in [6, 6.07) is 10.4. The van der Waals surface area contributed by atoms with Crippen LogP contribution >= 0.6 is 23.1 Å². The number of aryl methyl sites for hydroxylation is 1. The third-order valence-electron chi connectivity index (χ3n) is 5.27. The number of hydrogen-bond donors (Lipinski definition) is 1. The van der Waals surface area contributed by atoms with E-state index in [0.717, 1.165) is 17.7 Å². The summed E-state index contributed by atoms with van der Waals surface area (Å²) in [6.45, 7) is 2.25. The van der Waals surface area contributed by atoms with Crippen LogP contribution in [0.1, 0.15) is 39.0 Å². The predicted molar refractivity (Wildman–Crippen MR) is 113 cm³/mol. The first-order valence-electron chi connectivity index (χ1n) is 9.36. The number of amides is 2. The molecule has 0 saturated carbocycles. The number of hydrogen-bond acceptors (Lipinski definition) is 5. The molecule has 1 N–H and O–H groups in total. The first-order valence-corrected chi connectivity index (χ1v) is 11.3. The van der Waals surface area contributed by atoms with Crippen LogP contribution in [-0.2, 0) is 17.6 Å². The molecular weight excluding hydrogens is 390 g/mol. The molecule has 2 aromatic rings. The Hall–Kier alpha value is -2.30. The lowest BCUT2D eigenvalue weighted by atomic mass is 9.90. The van der Waals surface area contributed by atoms with E-state index in [1.807, 2.05) is 6.07 Å². The van der Waals surface area contributed by atoms with Gasteiger partial charge in [-0.15, -0.1) is 23.1 Å². The number of anilines is 1. The molecule has 1 aliphatic heterocycles. The number of rotatable bonds is 3. The molecule has 1 aliphatic carbocycles. The maximum absolute atomic E-state index is 13.1. The number of benzene rings is 1. The highest BCUT2D eigenvalue weighted by Crippen LogP contribution is 2.34. The molecule has 1 saturated heterocycles. The van der Waals surface area contributed by atoms with E-state index in [9.17, 15) is 9.59 Å². The van der Waals surface area contributed by atoms with Gasteiger partial charge in [0.15, 0.2) is 0 Å². The number of nitriles is 1. The zero-order valence-electron chi connectivity index (χ0n) is 15.6. The molecule has 28 heavy (non-hydrogen) atoms. The van der Waals surface area contributed by atoms with Crippen molar-refractivity contribution in [2.45, 2.75) is 32.2 Å². The zero-order chi connectivity index (χ0) is 19.7. The van der Waals surface area contributed by atoms with Crippen LogP contribution in [0.2, 0.25) is 0 Å². The molecule has 1 fully saturated rings. The van der Waals surface area contributed by atoms with E-state index >= 15 is 0 Å². The minimum Gasteiger partial charge on any atom is -0.324 e. The molecular formula is C21H21N3O2S2. The number of nitrogens with one attached hydrogen (secondary N) is 1. The van der Waals surface area contributed by atoms with E-state index in [2.05, 4.69) is 18.3 Å². The van der Waals surface area contributed by atoms with Crippen molar-refractivity contribution in [3.8, 4) is 6.07 Å². The average molecular weight is 412 g/mol. The molecule has 2 atom stereocenters. The summed E-state index contributed by atoms with van der Waals surface area (Å²) in [5.74, 6) is 1.56. The molecule has 0 spiro atoms. The lowest BCUT2D eigenvalue weighted by molar-refractivity contribution is -0.119. The lowest BCUT2D eigenvalue weighted by Crippen LogP contribution is -2.44. The predicted octanol–water partition coefficient (Wildman–Crippen LogP) is 3.90. The van der Waals surface area contributed by atoms with Gasteiger partial charge in [-0.1, -0.05) is 6.92 Å². The Morgan fingerprint density at radius 1 is 1.29 bits per heavy atom. The normalized spacial score (nSPS) is 21.1. The van der Waals surface area contributed by atoms with Gasteiger partial charge in [0, 0.05) is 16.3 Å². The summed E-state index contributed by atoms with van der Waals surface area (Å²) in [5.41, 5.74) is 2.48. The molecule has 2 amide bonds. The Balaban J connectivity index is 1.47. The van der Waals surface area contributed by atoms with Crippen LogP contribution in [0.4, 0.5) is 5.69 Å². The van der Waals surface area contributed by atoms with E-state index in [-0.39, 0.29) is 11.8 Å². The molecule has 5 nitrogen and oxygen atoms in total. The minimum absolute atomic E-state index is 0.0444. The van der Waals surface area contributed by atoms with Gasteiger partial charge in [0.1, 0.15) is 6.04 Å². The first kappa shape index (κ1) is 19.0. The number of thiophene rings is 1. The summed E-state index contributed by atoms with van der Waals surface area (Å²) >= 11 is 3.19. The van der Waals surface area contributed by atoms with E-state index < -0.39 is 6.04 Å². The van der Waals surface area contributed by atoms with Crippen molar-refractivity contribution in [3.05, 3.63) is 51.2 Å². The van der Waals surface area contributed by atoms with Crippen molar-refractivity contribution in [2.75, 3.05) is 16.9 Å². The highest BCUT2D eigenvalue weighted by atomic mass is 32.2. The van der Waals surface area contributed by atoms with Crippen molar-refractivity contribution in [1.82, 2.24) is 4.90 Å². The number of fused-ring (bicyclic) bond motifs is 1. The van der Waals surface area contributed by atoms with Gasteiger partial charge in [0.2, 0.25) is 5.91 Å². The quantitative estimate of drug-likeness (QED) is 0.831. The smallest absolute Gasteiger partial charge is 0.265 e. The molecule has 4 rings (SSSR count). The van der Waals surface area contributed by atoms with Crippen molar-refractivity contribution in [3.63, 3.8) is 0 Å². The number of carbonyl (C=O) groups is 2. The fourth-order valence-electron chi connectivity index (χ4n) is 3.67. The Morgan fingerprint density at radius 3 is 2.82 bits per heavy atom. The molecule has 0 bridgehead atoms. The zero-order valence-corrected chi connectivity index (χ0v) is 17.2. The van der Waals surface area contributed by atoms with Gasteiger partial charge in [0.25, 0.3) is 5.91 Å². The monoisotopic (exact) mass is 411 g/mol. The molecule has 0 radical (unpaired) electrons. The van der Waals surface area contributed by atoms with Crippen LogP contribution in [0.25, 0.3) is 0 Å². The van der Waals surface area contributed by atoms with E-state index in [1.54, 1.807) is 52.3 Å². The van der Waals surface area contributed by atoms with Gasteiger partial charge in [-0.3, -0.25) is 9.59 Å². The van der Waals surface area contributed by atoms with Crippen LogP contribution in [0.3, 0.4) is 0 Å². The fourth-order valence-corrected chi connectivity index (χ4v) is 5.98. The SMILES string of the molecule is C[C@@H]1CCc2sc(C(=O)N3CSC[C@H]3C(=O)Nc3ccc(C#N)cc3)cc2C1. The van der Waals surface area contributed by atoms with Crippen molar-refractivity contribution >= 4 is 40.6 Å². The van der Waals surface area contributed by atoms with Crippen molar-refractivity contribution in [1.29, 1.82) is 5.26 Å². The maximum atomic E-state index is 13.1. The summed E-state index contributed by atoms with van der Waals surface area (Å²) < 4.78 is 0. The first-order chi connectivity index (χ1) is 13.5. The molecule has 1 aromatic carbocycles.